The first kappa shape index (κ1) is 18.4. The van der Waals surface area contributed by atoms with Crippen molar-refractivity contribution < 1.29 is 9.59 Å². The molecule has 28 heavy (non-hydrogen) atoms. The van der Waals surface area contributed by atoms with Crippen LogP contribution in [0.2, 0.25) is 0 Å². The van der Waals surface area contributed by atoms with Crippen LogP contribution in [-0.4, -0.2) is 52.4 Å². The van der Waals surface area contributed by atoms with Crippen LogP contribution in [0.15, 0.2) is 47.5 Å². The van der Waals surface area contributed by atoms with Gasteiger partial charge in [0.1, 0.15) is 0 Å². The number of rotatable bonds is 5. The molecule has 2 bridgehead atoms. The summed E-state index contributed by atoms with van der Waals surface area (Å²) in [4.78, 5) is 42.5. The number of aromatic nitrogens is 2. The van der Waals surface area contributed by atoms with Crippen LogP contribution in [0.25, 0.3) is 0 Å². The number of nitrogens with one attached hydrogen (secondary N) is 1. The van der Waals surface area contributed by atoms with Crippen molar-refractivity contribution in [1.82, 2.24) is 19.8 Å². The minimum atomic E-state index is -0.355. The summed E-state index contributed by atoms with van der Waals surface area (Å²) in [6.45, 7) is 1.93. The lowest BCUT2D eigenvalue weighted by Crippen LogP contribution is -2.53. The van der Waals surface area contributed by atoms with E-state index in [0.717, 1.165) is 12.1 Å². The number of primary amides is 1. The fourth-order valence-corrected chi connectivity index (χ4v) is 4.54. The Morgan fingerprint density at radius 3 is 2.82 bits per heavy atom. The molecule has 2 aliphatic heterocycles. The molecule has 0 spiro atoms. The number of nitrogens with two attached hydrogens (primary N) is 1. The van der Waals surface area contributed by atoms with Gasteiger partial charge in [0.05, 0.1) is 18.2 Å². The van der Waals surface area contributed by atoms with E-state index in [1.807, 2.05) is 10.6 Å². The second-order valence-corrected chi connectivity index (χ2v) is 7.53. The van der Waals surface area contributed by atoms with Crippen molar-refractivity contribution in [3.8, 4) is 0 Å². The number of fused-ring (bicyclic) bond motifs is 4. The van der Waals surface area contributed by atoms with Crippen molar-refractivity contribution in [3.05, 3.63) is 64.3 Å². The lowest BCUT2D eigenvalue weighted by atomic mass is 9.78. The SMILES string of the molecule is NC(=O)CN1C[C@H]2C[C@@H](C1)[C@H](CNC(=O)c1cccnc1)n1c2cccc1=O. The molecular weight excluding hydrogens is 358 g/mol. The Balaban J connectivity index is 1.60. The van der Waals surface area contributed by atoms with E-state index in [1.54, 1.807) is 30.5 Å². The Bertz CT molecular complexity index is 942. The van der Waals surface area contributed by atoms with Crippen molar-refractivity contribution >= 4 is 11.8 Å². The number of likely N-dealkylation sites (tertiary alicyclic amines) is 1. The van der Waals surface area contributed by atoms with Crippen molar-refractivity contribution in [1.29, 1.82) is 0 Å². The van der Waals surface area contributed by atoms with Gasteiger partial charge < -0.3 is 15.6 Å². The lowest BCUT2D eigenvalue weighted by Gasteiger charge is -2.46. The topological polar surface area (TPSA) is 110 Å². The van der Waals surface area contributed by atoms with Gasteiger partial charge in [-0.05, 0) is 30.5 Å². The van der Waals surface area contributed by atoms with Crippen LogP contribution in [-0.2, 0) is 4.79 Å². The first-order valence-corrected chi connectivity index (χ1v) is 9.43. The third-order valence-corrected chi connectivity index (χ3v) is 5.65. The van der Waals surface area contributed by atoms with Crippen LogP contribution in [0.3, 0.4) is 0 Å². The fraction of sp³-hybridized carbons (Fsp3) is 0.400. The summed E-state index contributed by atoms with van der Waals surface area (Å²) < 4.78 is 1.82. The van der Waals surface area contributed by atoms with Crippen LogP contribution in [0.5, 0.6) is 0 Å². The van der Waals surface area contributed by atoms with E-state index in [-0.39, 0.29) is 41.8 Å². The second-order valence-electron chi connectivity index (χ2n) is 7.53. The number of piperidine rings is 1. The van der Waals surface area contributed by atoms with Gasteiger partial charge in [-0.15, -0.1) is 0 Å². The third-order valence-electron chi connectivity index (χ3n) is 5.65. The monoisotopic (exact) mass is 381 g/mol. The van der Waals surface area contributed by atoms with E-state index in [9.17, 15) is 14.4 Å². The molecule has 0 saturated carbocycles. The lowest BCUT2D eigenvalue weighted by molar-refractivity contribution is -0.119. The summed E-state index contributed by atoms with van der Waals surface area (Å²) >= 11 is 0. The Morgan fingerprint density at radius 1 is 1.21 bits per heavy atom. The van der Waals surface area contributed by atoms with Crippen LogP contribution in [0, 0.1) is 5.92 Å². The van der Waals surface area contributed by atoms with Gasteiger partial charge in [-0.25, -0.2) is 0 Å². The maximum atomic E-state index is 12.6. The number of hydrogen-bond acceptors (Lipinski definition) is 5. The standard InChI is InChI=1S/C20H23N5O3/c21-18(26)12-24-10-14-7-15(11-24)17(25-16(14)4-1-5-19(25)27)9-23-20(28)13-3-2-6-22-8-13/h1-6,8,14-15,17H,7,9-12H2,(H2,21,26)(H,23,28)/t14-,15+,17+/m1/s1. The van der Waals surface area contributed by atoms with E-state index in [0.29, 0.717) is 25.2 Å². The minimum absolute atomic E-state index is 0.0591. The highest BCUT2D eigenvalue weighted by molar-refractivity contribution is 5.93. The largest absolute Gasteiger partial charge is 0.369 e. The van der Waals surface area contributed by atoms with E-state index < -0.39 is 0 Å². The molecule has 8 heteroatoms. The van der Waals surface area contributed by atoms with Crippen molar-refractivity contribution in [2.45, 2.75) is 18.4 Å². The summed E-state index contributed by atoms with van der Waals surface area (Å²) in [5, 5.41) is 2.95. The fourth-order valence-electron chi connectivity index (χ4n) is 4.54. The summed E-state index contributed by atoms with van der Waals surface area (Å²) in [7, 11) is 0. The quantitative estimate of drug-likeness (QED) is 0.764. The van der Waals surface area contributed by atoms with E-state index in [1.165, 1.54) is 6.20 Å². The van der Waals surface area contributed by atoms with Crippen molar-refractivity contribution in [2.24, 2.45) is 11.7 Å². The molecule has 4 rings (SSSR count). The zero-order valence-corrected chi connectivity index (χ0v) is 15.5. The summed E-state index contributed by atoms with van der Waals surface area (Å²) in [6.07, 6.45) is 4.05. The molecule has 2 aromatic heterocycles. The van der Waals surface area contributed by atoms with Crippen molar-refractivity contribution in [2.75, 3.05) is 26.2 Å². The highest BCUT2D eigenvalue weighted by Gasteiger charge is 2.40. The number of nitrogens with zero attached hydrogens (tertiary/aromatic N) is 3. The van der Waals surface area contributed by atoms with Gasteiger partial charge in [0, 0.05) is 49.7 Å². The van der Waals surface area contributed by atoms with Gasteiger partial charge in [-0.1, -0.05) is 6.07 Å². The molecule has 1 saturated heterocycles. The summed E-state index contributed by atoms with van der Waals surface area (Å²) in [5.41, 5.74) is 6.77. The first-order valence-electron chi connectivity index (χ1n) is 9.43. The summed E-state index contributed by atoms with van der Waals surface area (Å²) in [6, 6.07) is 8.54. The Hall–Kier alpha value is -3.00. The zero-order valence-electron chi connectivity index (χ0n) is 15.5. The zero-order chi connectivity index (χ0) is 19.7. The Kier molecular flexibility index (Phi) is 4.95. The van der Waals surface area contributed by atoms with E-state index in [4.69, 9.17) is 5.73 Å². The number of pyridine rings is 2. The smallest absolute Gasteiger partial charge is 0.252 e. The van der Waals surface area contributed by atoms with Crippen LogP contribution in [0.4, 0.5) is 0 Å². The van der Waals surface area contributed by atoms with E-state index in [2.05, 4.69) is 15.2 Å². The number of amides is 2. The number of carbonyl (C=O) groups is 2. The minimum Gasteiger partial charge on any atom is -0.369 e. The highest BCUT2D eigenvalue weighted by atomic mass is 16.2. The molecule has 2 aliphatic rings. The van der Waals surface area contributed by atoms with E-state index >= 15 is 0 Å². The van der Waals surface area contributed by atoms with Crippen LogP contribution in [0.1, 0.15) is 34.4 Å². The number of hydrogen-bond donors (Lipinski definition) is 2. The van der Waals surface area contributed by atoms with Gasteiger partial charge in [-0.2, -0.15) is 0 Å². The average Bonchev–Trinajstić information content (AvgIpc) is 2.68. The third kappa shape index (κ3) is 3.55. The molecule has 146 valence electrons. The van der Waals surface area contributed by atoms with Crippen LogP contribution >= 0.6 is 0 Å². The molecule has 3 N–H and O–H groups in total. The average molecular weight is 381 g/mol. The van der Waals surface area contributed by atoms with Gasteiger partial charge in [0.15, 0.2) is 0 Å². The Labute approximate surface area is 162 Å². The summed E-state index contributed by atoms with van der Waals surface area (Å²) in [5.74, 6) is -0.241. The van der Waals surface area contributed by atoms with Crippen LogP contribution < -0.4 is 16.6 Å². The predicted octanol–water partition coefficient (Wildman–Crippen LogP) is 0.119. The van der Waals surface area contributed by atoms with Gasteiger partial charge in [0.25, 0.3) is 11.5 Å². The maximum Gasteiger partial charge on any atom is 0.252 e. The molecular formula is C20H23N5O3. The highest BCUT2D eigenvalue weighted by Crippen LogP contribution is 2.40. The first-order chi connectivity index (χ1) is 13.5. The van der Waals surface area contributed by atoms with Gasteiger partial charge >= 0.3 is 0 Å². The Morgan fingerprint density at radius 2 is 2.07 bits per heavy atom. The molecule has 0 radical (unpaired) electrons. The molecule has 0 unspecified atom stereocenters. The molecule has 8 nitrogen and oxygen atoms in total. The van der Waals surface area contributed by atoms with Crippen molar-refractivity contribution in [3.63, 3.8) is 0 Å². The molecule has 1 fully saturated rings. The second kappa shape index (κ2) is 7.55. The molecule has 2 amide bonds. The number of carbonyl (C=O) groups excluding carboxylic acids is 2. The molecule has 3 atom stereocenters. The maximum absolute atomic E-state index is 12.6. The normalized spacial score (nSPS) is 23.6. The predicted molar refractivity (Wildman–Crippen MR) is 103 cm³/mol. The molecule has 2 aromatic rings. The molecule has 4 heterocycles. The molecule has 0 aliphatic carbocycles. The van der Waals surface area contributed by atoms with Gasteiger partial charge in [-0.3, -0.25) is 24.3 Å². The van der Waals surface area contributed by atoms with Gasteiger partial charge in [0.2, 0.25) is 5.91 Å². The molecule has 0 aromatic carbocycles.